The van der Waals surface area contributed by atoms with Crippen LogP contribution in [-0.4, -0.2) is 51.4 Å². The molecule has 0 bridgehead atoms. The van der Waals surface area contributed by atoms with Crippen molar-refractivity contribution in [3.8, 4) is 5.75 Å². The second-order valence-corrected chi connectivity index (χ2v) is 7.98. The summed E-state index contributed by atoms with van der Waals surface area (Å²) in [7, 11) is 3.55. The molecule has 0 spiro atoms. The summed E-state index contributed by atoms with van der Waals surface area (Å²) >= 11 is 0. The maximum absolute atomic E-state index is 5.25. The van der Waals surface area contributed by atoms with Crippen molar-refractivity contribution >= 4 is 28.5 Å². The van der Waals surface area contributed by atoms with Crippen LogP contribution >= 0.6 is 0 Å². The Morgan fingerprint density at radius 1 is 1.03 bits per heavy atom. The van der Waals surface area contributed by atoms with Crippen molar-refractivity contribution in [1.82, 2.24) is 24.6 Å². The van der Waals surface area contributed by atoms with Gasteiger partial charge in [-0.2, -0.15) is 15.1 Å². The van der Waals surface area contributed by atoms with Gasteiger partial charge >= 0.3 is 0 Å². The van der Waals surface area contributed by atoms with E-state index in [1.807, 2.05) is 31.3 Å². The second-order valence-electron chi connectivity index (χ2n) is 7.98. The van der Waals surface area contributed by atoms with Crippen molar-refractivity contribution < 1.29 is 4.74 Å². The summed E-state index contributed by atoms with van der Waals surface area (Å²) in [4.78, 5) is 11.9. The van der Waals surface area contributed by atoms with E-state index in [1.54, 1.807) is 18.0 Å². The molecule has 1 aliphatic heterocycles. The minimum Gasteiger partial charge on any atom is -0.497 e. The zero-order valence-corrected chi connectivity index (χ0v) is 18.4. The molecule has 8 nitrogen and oxygen atoms in total. The first-order valence-electron chi connectivity index (χ1n) is 10.8. The van der Waals surface area contributed by atoms with E-state index in [-0.39, 0.29) is 0 Å². The molecule has 164 valence electrons. The van der Waals surface area contributed by atoms with Crippen LogP contribution in [0.15, 0.2) is 54.7 Å². The van der Waals surface area contributed by atoms with Gasteiger partial charge in [-0.1, -0.05) is 24.3 Å². The number of hydrogen-bond donors (Lipinski definition) is 2. The lowest BCUT2D eigenvalue weighted by Crippen LogP contribution is -2.34. The van der Waals surface area contributed by atoms with Crippen molar-refractivity contribution in [1.29, 1.82) is 0 Å². The van der Waals surface area contributed by atoms with Crippen LogP contribution in [0.25, 0.3) is 11.0 Å². The quantitative estimate of drug-likeness (QED) is 0.465. The number of hydrogen-bond acceptors (Lipinski definition) is 7. The fraction of sp³-hybridized carbons (Fsp3) is 0.292. The Hall–Kier alpha value is -3.65. The number of ether oxygens (including phenoxy) is 1. The number of benzene rings is 2. The number of methoxy groups -OCH3 is 1. The third-order valence-corrected chi connectivity index (χ3v) is 5.87. The van der Waals surface area contributed by atoms with E-state index in [2.05, 4.69) is 49.9 Å². The van der Waals surface area contributed by atoms with Crippen LogP contribution in [0.3, 0.4) is 0 Å². The average molecular weight is 430 g/mol. The molecule has 0 radical (unpaired) electrons. The molecule has 0 fully saturated rings. The highest BCUT2D eigenvalue weighted by molar-refractivity contribution is 5.89. The Bertz CT molecular complexity index is 1220. The number of nitrogens with zero attached hydrogens (tertiary/aromatic N) is 5. The number of fused-ring (bicyclic) bond motifs is 2. The fourth-order valence-corrected chi connectivity index (χ4v) is 4.08. The molecule has 0 amide bonds. The van der Waals surface area contributed by atoms with E-state index in [4.69, 9.17) is 9.72 Å². The largest absolute Gasteiger partial charge is 0.497 e. The van der Waals surface area contributed by atoms with Crippen molar-refractivity contribution in [2.45, 2.75) is 13.0 Å². The molecule has 0 saturated carbocycles. The molecule has 3 heterocycles. The van der Waals surface area contributed by atoms with Crippen LogP contribution < -0.4 is 15.4 Å². The molecule has 0 saturated heterocycles. The Morgan fingerprint density at radius 3 is 2.66 bits per heavy atom. The van der Waals surface area contributed by atoms with E-state index in [9.17, 15) is 0 Å². The highest BCUT2D eigenvalue weighted by Crippen LogP contribution is 2.26. The van der Waals surface area contributed by atoms with E-state index in [0.717, 1.165) is 60.9 Å². The van der Waals surface area contributed by atoms with E-state index in [1.165, 1.54) is 11.1 Å². The Labute approximate surface area is 187 Å². The van der Waals surface area contributed by atoms with Crippen LogP contribution in [0.2, 0.25) is 0 Å². The van der Waals surface area contributed by atoms with Gasteiger partial charge in [-0.05, 0) is 41.8 Å². The SMILES string of the molecule is COc1ccc(Nc2nc(NCCN3CCc4ccccc4C3)nc3c2cnn3C)cc1. The number of aromatic nitrogens is 4. The van der Waals surface area contributed by atoms with Crippen LogP contribution in [-0.2, 0) is 20.0 Å². The first kappa shape index (κ1) is 20.3. The van der Waals surface area contributed by atoms with Gasteiger partial charge in [-0.25, -0.2) is 0 Å². The van der Waals surface area contributed by atoms with Crippen LogP contribution in [0.5, 0.6) is 5.75 Å². The van der Waals surface area contributed by atoms with Crippen molar-refractivity contribution in [2.75, 3.05) is 37.4 Å². The molecular weight excluding hydrogens is 402 g/mol. The topological polar surface area (TPSA) is 80.1 Å². The second kappa shape index (κ2) is 8.84. The lowest BCUT2D eigenvalue weighted by atomic mass is 10.00. The normalized spacial score (nSPS) is 13.7. The van der Waals surface area contributed by atoms with Gasteiger partial charge in [0.25, 0.3) is 0 Å². The van der Waals surface area contributed by atoms with Gasteiger partial charge in [0.15, 0.2) is 5.65 Å². The Balaban J connectivity index is 1.29. The van der Waals surface area contributed by atoms with Gasteiger partial charge in [0.05, 0.1) is 18.7 Å². The molecule has 4 aromatic rings. The van der Waals surface area contributed by atoms with Crippen molar-refractivity contribution in [3.63, 3.8) is 0 Å². The fourth-order valence-electron chi connectivity index (χ4n) is 4.08. The first-order valence-corrected chi connectivity index (χ1v) is 10.8. The number of anilines is 3. The van der Waals surface area contributed by atoms with Gasteiger partial charge in [0.1, 0.15) is 11.6 Å². The minimum atomic E-state index is 0.592. The lowest BCUT2D eigenvalue weighted by molar-refractivity contribution is 0.264. The number of aryl methyl sites for hydroxylation is 1. The molecule has 2 aromatic carbocycles. The molecule has 1 aliphatic rings. The molecule has 0 aliphatic carbocycles. The van der Waals surface area contributed by atoms with Crippen LogP contribution in [0.4, 0.5) is 17.5 Å². The number of nitrogens with one attached hydrogen (secondary N) is 2. The number of rotatable bonds is 7. The monoisotopic (exact) mass is 429 g/mol. The van der Waals surface area contributed by atoms with E-state index < -0.39 is 0 Å². The maximum atomic E-state index is 5.25. The molecule has 0 unspecified atom stereocenters. The molecule has 2 aromatic heterocycles. The van der Waals surface area contributed by atoms with Gasteiger partial charge in [0.2, 0.25) is 5.95 Å². The Kier molecular flexibility index (Phi) is 5.60. The van der Waals surface area contributed by atoms with Crippen molar-refractivity contribution in [2.24, 2.45) is 7.05 Å². The summed E-state index contributed by atoms with van der Waals surface area (Å²) in [5, 5.41) is 12.0. The molecule has 5 rings (SSSR count). The summed E-state index contributed by atoms with van der Waals surface area (Å²) in [5.41, 5.74) is 4.60. The molecule has 0 atom stereocenters. The van der Waals surface area contributed by atoms with E-state index in [0.29, 0.717) is 5.95 Å². The summed E-state index contributed by atoms with van der Waals surface area (Å²) in [6.07, 6.45) is 2.89. The first-order chi connectivity index (χ1) is 15.7. The zero-order valence-electron chi connectivity index (χ0n) is 18.4. The van der Waals surface area contributed by atoms with Gasteiger partial charge in [0, 0.05) is 38.9 Å². The average Bonchev–Trinajstić information content (AvgIpc) is 3.20. The predicted molar refractivity (Wildman–Crippen MR) is 126 cm³/mol. The summed E-state index contributed by atoms with van der Waals surface area (Å²) in [6.45, 7) is 3.77. The van der Waals surface area contributed by atoms with Gasteiger partial charge in [-0.3, -0.25) is 9.58 Å². The van der Waals surface area contributed by atoms with Crippen LogP contribution in [0.1, 0.15) is 11.1 Å². The predicted octanol–water partition coefficient (Wildman–Crippen LogP) is 3.59. The third-order valence-electron chi connectivity index (χ3n) is 5.87. The highest BCUT2D eigenvalue weighted by atomic mass is 16.5. The van der Waals surface area contributed by atoms with E-state index >= 15 is 0 Å². The molecule has 32 heavy (non-hydrogen) atoms. The minimum absolute atomic E-state index is 0.592. The van der Waals surface area contributed by atoms with Crippen LogP contribution in [0, 0.1) is 0 Å². The molecule has 8 heteroatoms. The summed E-state index contributed by atoms with van der Waals surface area (Å²) < 4.78 is 7.01. The molecule has 2 N–H and O–H groups in total. The van der Waals surface area contributed by atoms with Gasteiger partial charge < -0.3 is 15.4 Å². The molecular formula is C24H27N7O. The Morgan fingerprint density at radius 2 is 1.84 bits per heavy atom. The van der Waals surface area contributed by atoms with Gasteiger partial charge in [-0.15, -0.1) is 0 Å². The lowest BCUT2D eigenvalue weighted by Gasteiger charge is -2.28. The smallest absolute Gasteiger partial charge is 0.226 e. The maximum Gasteiger partial charge on any atom is 0.226 e. The van der Waals surface area contributed by atoms with Crippen molar-refractivity contribution in [3.05, 3.63) is 65.9 Å². The zero-order chi connectivity index (χ0) is 21.9. The highest BCUT2D eigenvalue weighted by Gasteiger charge is 2.16. The third kappa shape index (κ3) is 4.22. The summed E-state index contributed by atoms with van der Waals surface area (Å²) in [5.74, 6) is 2.13. The summed E-state index contributed by atoms with van der Waals surface area (Å²) in [6, 6.07) is 16.5. The standard InChI is InChI=1S/C24H27N7O/c1-30-23-21(15-26-30)22(27-19-7-9-20(32-2)10-8-19)28-24(29-23)25-12-14-31-13-11-17-5-3-4-6-18(17)16-31/h3-10,15H,11-14,16H2,1-2H3,(H2,25,27,28,29).